The molecular formula is C15H16ClNOS. The summed E-state index contributed by atoms with van der Waals surface area (Å²) in [4.78, 5) is 0. The Labute approximate surface area is 122 Å². The van der Waals surface area contributed by atoms with Crippen molar-refractivity contribution in [3.63, 3.8) is 0 Å². The molecule has 2 aromatic carbocycles. The summed E-state index contributed by atoms with van der Waals surface area (Å²) in [6.07, 6.45) is 0. The minimum Gasteiger partial charge on any atom is -0.496 e. The first-order valence-electron chi connectivity index (χ1n) is 5.93. The van der Waals surface area contributed by atoms with Crippen LogP contribution >= 0.6 is 23.4 Å². The van der Waals surface area contributed by atoms with Crippen LogP contribution in [-0.4, -0.2) is 7.11 Å². The molecule has 2 aromatic rings. The van der Waals surface area contributed by atoms with Gasteiger partial charge in [-0.2, -0.15) is 11.8 Å². The van der Waals surface area contributed by atoms with Crippen molar-refractivity contribution in [3.05, 3.63) is 58.6 Å². The van der Waals surface area contributed by atoms with Gasteiger partial charge in [0.1, 0.15) is 5.75 Å². The van der Waals surface area contributed by atoms with Crippen molar-refractivity contribution in [3.8, 4) is 5.75 Å². The Morgan fingerprint density at radius 1 is 1.11 bits per heavy atom. The number of nitrogens with two attached hydrogens (primary N) is 1. The van der Waals surface area contributed by atoms with Crippen LogP contribution in [0.4, 0.5) is 5.69 Å². The smallest absolute Gasteiger partial charge is 0.123 e. The first kappa shape index (κ1) is 14.1. The van der Waals surface area contributed by atoms with Gasteiger partial charge in [-0.25, -0.2) is 0 Å². The number of nitrogen functional groups attached to an aromatic ring is 1. The number of ether oxygens (including phenoxy) is 1. The SMILES string of the molecule is COc1ccc(N)cc1CSCc1ccc(Cl)cc1. The van der Waals surface area contributed by atoms with Crippen molar-refractivity contribution in [2.75, 3.05) is 12.8 Å². The third-order valence-corrected chi connectivity index (χ3v) is 4.05. The lowest BCUT2D eigenvalue weighted by Crippen LogP contribution is -1.93. The summed E-state index contributed by atoms with van der Waals surface area (Å²) in [5.41, 5.74) is 8.96. The van der Waals surface area contributed by atoms with E-state index in [1.54, 1.807) is 7.11 Å². The fourth-order valence-corrected chi connectivity index (χ4v) is 2.87. The standard InChI is InChI=1S/C15H16ClNOS/c1-18-15-7-6-14(17)8-12(15)10-19-9-11-2-4-13(16)5-3-11/h2-8H,9-10,17H2,1H3. The van der Waals surface area contributed by atoms with Gasteiger partial charge in [0, 0.05) is 27.8 Å². The maximum Gasteiger partial charge on any atom is 0.123 e. The summed E-state index contributed by atoms with van der Waals surface area (Å²) in [7, 11) is 1.68. The molecule has 0 atom stereocenters. The zero-order valence-corrected chi connectivity index (χ0v) is 12.3. The molecule has 2 nitrogen and oxygen atoms in total. The van der Waals surface area contributed by atoms with Crippen LogP contribution in [0.5, 0.6) is 5.75 Å². The van der Waals surface area contributed by atoms with E-state index in [9.17, 15) is 0 Å². The summed E-state index contributed by atoms with van der Waals surface area (Å²) in [6.45, 7) is 0. The maximum absolute atomic E-state index is 5.86. The van der Waals surface area contributed by atoms with E-state index >= 15 is 0 Å². The van der Waals surface area contributed by atoms with E-state index in [0.717, 1.165) is 33.5 Å². The Kier molecular flexibility index (Phi) is 5.00. The van der Waals surface area contributed by atoms with Gasteiger partial charge in [0.25, 0.3) is 0 Å². The fourth-order valence-electron chi connectivity index (χ4n) is 1.77. The van der Waals surface area contributed by atoms with Crippen molar-refractivity contribution < 1.29 is 4.74 Å². The summed E-state index contributed by atoms with van der Waals surface area (Å²) >= 11 is 7.69. The van der Waals surface area contributed by atoms with Crippen LogP contribution in [-0.2, 0) is 11.5 Å². The zero-order valence-electron chi connectivity index (χ0n) is 10.7. The minimum absolute atomic E-state index is 0.767. The average Bonchev–Trinajstić information content (AvgIpc) is 2.41. The molecule has 0 aromatic heterocycles. The highest BCUT2D eigenvalue weighted by Gasteiger charge is 2.04. The van der Waals surface area contributed by atoms with Crippen molar-refractivity contribution >= 4 is 29.1 Å². The number of hydrogen-bond acceptors (Lipinski definition) is 3. The minimum atomic E-state index is 0.767. The number of hydrogen-bond donors (Lipinski definition) is 1. The lowest BCUT2D eigenvalue weighted by Gasteiger charge is -2.09. The molecule has 0 aliphatic heterocycles. The molecule has 100 valence electrons. The van der Waals surface area contributed by atoms with Gasteiger partial charge in [0.05, 0.1) is 7.11 Å². The van der Waals surface area contributed by atoms with Crippen molar-refractivity contribution in [2.24, 2.45) is 0 Å². The Bertz CT molecular complexity index is 542. The highest BCUT2D eigenvalue weighted by molar-refractivity contribution is 7.97. The molecule has 0 saturated heterocycles. The Balaban J connectivity index is 1.95. The van der Waals surface area contributed by atoms with Crippen LogP contribution in [0.15, 0.2) is 42.5 Å². The summed E-state index contributed by atoms with van der Waals surface area (Å²) < 4.78 is 5.33. The van der Waals surface area contributed by atoms with E-state index in [-0.39, 0.29) is 0 Å². The summed E-state index contributed by atoms with van der Waals surface area (Å²) in [6, 6.07) is 13.7. The number of thioether (sulfide) groups is 1. The molecule has 0 bridgehead atoms. The highest BCUT2D eigenvalue weighted by Crippen LogP contribution is 2.27. The topological polar surface area (TPSA) is 35.2 Å². The summed E-state index contributed by atoms with van der Waals surface area (Å²) in [5.74, 6) is 2.70. The Morgan fingerprint density at radius 2 is 1.84 bits per heavy atom. The van der Waals surface area contributed by atoms with Crippen molar-refractivity contribution in [1.82, 2.24) is 0 Å². The van der Waals surface area contributed by atoms with Gasteiger partial charge in [0.2, 0.25) is 0 Å². The first-order valence-corrected chi connectivity index (χ1v) is 7.47. The third-order valence-electron chi connectivity index (χ3n) is 2.74. The number of rotatable bonds is 5. The molecule has 0 aliphatic rings. The van der Waals surface area contributed by atoms with E-state index < -0.39 is 0 Å². The van der Waals surface area contributed by atoms with Crippen LogP contribution in [0.3, 0.4) is 0 Å². The largest absolute Gasteiger partial charge is 0.496 e. The van der Waals surface area contributed by atoms with Crippen molar-refractivity contribution in [2.45, 2.75) is 11.5 Å². The van der Waals surface area contributed by atoms with Crippen LogP contribution in [0, 0.1) is 0 Å². The van der Waals surface area contributed by atoms with E-state index in [2.05, 4.69) is 0 Å². The molecule has 0 saturated carbocycles. The zero-order chi connectivity index (χ0) is 13.7. The van der Waals surface area contributed by atoms with Crippen LogP contribution in [0.2, 0.25) is 5.02 Å². The van der Waals surface area contributed by atoms with Gasteiger partial charge in [-0.3, -0.25) is 0 Å². The van der Waals surface area contributed by atoms with Crippen LogP contribution in [0.25, 0.3) is 0 Å². The molecule has 0 spiro atoms. The van der Waals surface area contributed by atoms with Gasteiger partial charge in [-0.1, -0.05) is 23.7 Å². The monoisotopic (exact) mass is 293 g/mol. The normalized spacial score (nSPS) is 10.4. The fraction of sp³-hybridized carbons (Fsp3) is 0.200. The Hall–Kier alpha value is -1.32. The second-order valence-electron chi connectivity index (χ2n) is 4.19. The molecule has 2 N–H and O–H groups in total. The van der Waals surface area contributed by atoms with E-state index in [1.807, 2.05) is 54.2 Å². The van der Waals surface area contributed by atoms with Gasteiger partial charge < -0.3 is 10.5 Å². The number of methoxy groups -OCH3 is 1. The average molecular weight is 294 g/mol. The second-order valence-corrected chi connectivity index (χ2v) is 5.61. The molecule has 0 fully saturated rings. The van der Waals surface area contributed by atoms with Crippen LogP contribution < -0.4 is 10.5 Å². The number of anilines is 1. The van der Waals surface area contributed by atoms with Gasteiger partial charge in [-0.05, 0) is 35.9 Å². The molecule has 2 rings (SSSR count). The van der Waals surface area contributed by atoms with Gasteiger partial charge in [-0.15, -0.1) is 0 Å². The third kappa shape index (κ3) is 4.08. The Morgan fingerprint density at radius 3 is 2.53 bits per heavy atom. The number of benzene rings is 2. The van der Waals surface area contributed by atoms with Crippen LogP contribution in [0.1, 0.15) is 11.1 Å². The predicted octanol–water partition coefficient (Wildman–Crippen LogP) is 4.36. The predicted molar refractivity (Wildman–Crippen MR) is 83.9 cm³/mol. The van der Waals surface area contributed by atoms with Gasteiger partial charge >= 0.3 is 0 Å². The van der Waals surface area contributed by atoms with E-state index in [4.69, 9.17) is 22.1 Å². The van der Waals surface area contributed by atoms with E-state index in [1.165, 1.54) is 5.56 Å². The highest BCUT2D eigenvalue weighted by atomic mass is 35.5. The molecule has 4 heteroatoms. The lowest BCUT2D eigenvalue weighted by molar-refractivity contribution is 0.411. The quantitative estimate of drug-likeness (QED) is 0.832. The van der Waals surface area contributed by atoms with E-state index in [0.29, 0.717) is 0 Å². The second kappa shape index (κ2) is 6.73. The summed E-state index contributed by atoms with van der Waals surface area (Å²) in [5, 5.41) is 0.770. The maximum atomic E-state index is 5.86. The molecular weight excluding hydrogens is 278 g/mol. The first-order chi connectivity index (χ1) is 9.19. The number of halogens is 1. The lowest BCUT2D eigenvalue weighted by atomic mass is 10.2. The molecule has 0 aliphatic carbocycles. The van der Waals surface area contributed by atoms with Gasteiger partial charge in [0.15, 0.2) is 0 Å². The van der Waals surface area contributed by atoms with Crippen molar-refractivity contribution in [1.29, 1.82) is 0 Å². The molecule has 0 radical (unpaired) electrons. The molecule has 19 heavy (non-hydrogen) atoms. The molecule has 0 amide bonds. The molecule has 0 unspecified atom stereocenters. The molecule has 0 heterocycles.